The second-order valence-electron chi connectivity index (χ2n) is 5.47. The van der Waals surface area contributed by atoms with Crippen molar-refractivity contribution in [2.24, 2.45) is 13.0 Å². The average Bonchev–Trinajstić information content (AvgIpc) is 2.65. The van der Waals surface area contributed by atoms with Crippen molar-refractivity contribution in [2.75, 3.05) is 13.1 Å². The molecular weight excluding hydrogens is 258 g/mol. The van der Waals surface area contributed by atoms with Crippen molar-refractivity contribution >= 4 is 11.9 Å². The molecule has 1 fully saturated rings. The van der Waals surface area contributed by atoms with Crippen LogP contribution in [0.5, 0.6) is 0 Å². The van der Waals surface area contributed by atoms with E-state index in [-0.39, 0.29) is 5.91 Å². The Bertz CT molecular complexity index is 536. The quantitative estimate of drug-likeness (QED) is 0.892. The molecule has 1 amide bonds. The second-order valence-corrected chi connectivity index (χ2v) is 5.47. The monoisotopic (exact) mass is 279 g/mol. The van der Waals surface area contributed by atoms with Crippen LogP contribution >= 0.6 is 0 Å². The van der Waals surface area contributed by atoms with E-state index in [9.17, 15) is 9.59 Å². The smallest absolute Gasteiger partial charge is 0.308 e. The van der Waals surface area contributed by atoms with Gasteiger partial charge in [0.05, 0.1) is 18.0 Å². The molecule has 6 nitrogen and oxygen atoms in total. The van der Waals surface area contributed by atoms with Crippen LogP contribution < -0.4 is 0 Å². The maximum Gasteiger partial charge on any atom is 0.308 e. The zero-order chi connectivity index (χ0) is 14.9. The van der Waals surface area contributed by atoms with Gasteiger partial charge in [-0.25, -0.2) is 0 Å². The van der Waals surface area contributed by atoms with Crippen molar-refractivity contribution in [2.45, 2.75) is 33.1 Å². The van der Waals surface area contributed by atoms with Gasteiger partial charge in [0.15, 0.2) is 0 Å². The number of aromatic nitrogens is 2. The Hall–Kier alpha value is -1.85. The summed E-state index contributed by atoms with van der Waals surface area (Å²) in [5.74, 6) is -1.24. The molecule has 2 rings (SSSR count). The van der Waals surface area contributed by atoms with Crippen molar-refractivity contribution in [1.29, 1.82) is 0 Å². The van der Waals surface area contributed by atoms with Gasteiger partial charge in [-0.1, -0.05) is 0 Å². The summed E-state index contributed by atoms with van der Waals surface area (Å²) in [6.07, 6.45) is 1.72. The van der Waals surface area contributed by atoms with E-state index in [1.54, 1.807) is 9.58 Å². The summed E-state index contributed by atoms with van der Waals surface area (Å²) in [6.45, 7) is 4.82. The Morgan fingerprint density at radius 1 is 1.40 bits per heavy atom. The number of carboxylic acids is 1. The number of carbonyl (C=O) groups excluding carboxylic acids is 1. The van der Waals surface area contributed by atoms with E-state index >= 15 is 0 Å². The summed E-state index contributed by atoms with van der Waals surface area (Å²) in [4.78, 5) is 25.1. The molecule has 110 valence electrons. The first-order chi connectivity index (χ1) is 9.40. The Balaban J connectivity index is 2.06. The third kappa shape index (κ3) is 2.84. The molecule has 0 unspecified atom stereocenters. The fourth-order valence-electron chi connectivity index (χ4n) is 2.74. The Morgan fingerprint density at radius 3 is 2.65 bits per heavy atom. The van der Waals surface area contributed by atoms with Crippen LogP contribution in [0.2, 0.25) is 0 Å². The van der Waals surface area contributed by atoms with Gasteiger partial charge in [0.25, 0.3) is 0 Å². The molecule has 1 aliphatic heterocycles. The van der Waals surface area contributed by atoms with Gasteiger partial charge >= 0.3 is 5.97 Å². The van der Waals surface area contributed by atoms with E-state index in [2.05, 4.69) is 5.10 Å². The van der Waals surface area contributed by atoms with Gasteiger partial charge in [0.1, 0.15) is 0 Å². The molecule has 1 atom stereocenters. The topological polar surface area (TPSA) is 75.4 Å². The molecule has 2 heterocycles. The fraction of sp³-hybridized carbons (Fsp3) is 0.643. The van der Waals surface area contributed by atoms with Gasteiger partial charge in [0.2, 0.25) is 5.91 Å². The van der Waals surface area contributed by atoms with E-state index in [4.69, 9.17) is 5.11 Å². The Labute approximate surface area is 118 Å². The van der Waals surface area contributed by atoms with Gasteiger partial charge in [-0.3, -0.25) is 14.3 Å². The molecule has 0 radical (unpaired) electrons. The Kier molecular flexibility index (Phi) is 4.11. The SMILES string of the molecule is Cc1nn(C)c(C)c1CC(=O)N1CCC[C@H](C(=O)O)C1. The maximum absolute atomic E-state index is 12.3. The van der Waals surface area contributed by atoms with Crippen molar-refractivity contribution in [3.05, 3.63) is 17.0 Å². The standard InChI is InChI=1S/C14H21N3O3/c1-9-12(10(2)16(3)15-9)7-13(18)17-6-4-5-11(8-17)14(19)20/h11H,4-8H2,1-3H3,(H,19,20)/t11-/m0/s1. The van der Waals surface area contributed by atoms with E-state index in [1.165, 1.54) is 0 Å². The number of nitrogens with zero attached hydrogens (tertiary/aromatic N) is 3. The number of carbonyl (C=O) groups is 2. The zero-order valence-electron chi connectivity index (χ0n) is 12.2. The molecule has 1 aromatic heterocycles. The van der Waals surface area contributed by atoms with E-state index in [0.717, 1.165) is 23.4 Å². The molecule has 0 aliphatic carbocycles. The van der Waals surface area contributed by atoms with Crippen LogP contribution in [-0.4, -0.2) is 44.8 Å². The van der Waals surface area contributed by atoms with Gasteiger partial charge in [-0.05, 0) is 26.7 Å². The van der Waals surface area contributed by atoms with Gasteiger partial charge in [-0.2, -0.15) is 5.10 Å². The lowest BCUT2D eigenvalue weighted by Crippen LogP contribution is -2.43. The fourth-order valence-corrected chi connectivity index (χ4v) is 2.74. The number of piperidine rings is 1. The van der Waals surface area contributed by atoms with Crippen molar-refractivity contribution in [3.63, 3.8) is 0 Å². The summed E-state index contributed by atoms with van der Waals surface area (Å²) >= 11 is 0. The maximum atomic E-state index is 12.3. The molecule has 20 heavy (non-hydrogen) atoms. The normalized spacial score (nSPS) is 19.1. The van der Waals surface area contributed by atoms with Crippen molar-refractivity contribution in [3.8, 4) is 0 Å². The average molecular weight is 279 g/mol. The van der Waals surface area contributed by atoms with Crippen LogP contribution in [0, 0.1) is 19.8 Å². The van der Waals surface area contributed by atoms with E-state index in [0.29, 0.717) is 25.9 Å². The predicted octanol–water partition coefficient (Wildman–Crippen LogP) is 0.903. The minimum Gasteiger partial charge on any atom is -0.481 e. The highest BCUT2D eigenvalue weighted by Crippen LogP contribution is 2.19. The molecule has 1 aromatic rings. The van der Waals surface area contributed by atoms with Crippen LogP contribution in [0.3, 0.4) is 0 Å². The molecule has 0 spiro atoms. The third-order valence-corrected chi connectivity index (χ3v) is 4.11. The van der Waals surface area contributed by atoms with Gasteiger partial charge < -0.3 is 10.0 Å². The molecule has 1 aliphatic rings. The number of hydrogen-bond donors (Lipinski definition) is 1. The number of amides is 1. The molecular formula is C14H21N3O3. The van der Waals surface area contributed by atoms with Gasteiger partial charge in [-0.15, -0.1) is 0 Å². The molecule has 0 saturated carbocycles. The predicted molar refractivity (Wildman–Crippen MR) is 73.3 cm³/mol. The van der Waals surface area contributed by atoms with Crippen LogP contribution in [-0.2, 0) is 23.1 Å². The van der Waals surface area contributed by atoms with Crippen molar-refractivity contribution < 1.29 is 14.7 Å². The number of carboxylic acid groups (broad SMARTS) is 1. The first-order valence-corrected chi connectivity index (χ1v) is 6.89. The largest absolute Gasteiger partial charge is 0.481 e. The van der Waals surface area contributed by atoms with Crippen molar-refractivity contribution in [1.82, 2.24) is 14.7 Å². The summed E-state index contributed by atoms with van der Waals surface area (Å²) in [7, 11) is 1.86. The van der Waals surface area contributed by atoms with E-state index in [1.807, 2.05) is 20.9 Å². The third-order valence-electron chi connectivity index (χ3n) is 4.11. The minimum atomic E-state index is -0.809. The lowest BCUT2D eigenvalue weighted by atomic mass is 9.97. The summed E-state index contributed by atoms with van der Waals surface area (Å²) < 4.78 is 1.77. The number of likely N-dealkylation sites (tertiary alicyclic amines) is 1. The summed E-state index contributed by atoms with van der Waals surface area (Å²) in [5.41, 5.74) is 2.81. The molecule has 6 heteroatoms. The lowest BCUT2D eigenvalue weighted by molar-refractivity contribution is -0.145. The zero-order valence-corrected chi connectivity index (χ0v) is 12.2. The minimum absolute atomic E-state index is 0.00449. The lowest BCUT2D eigenvalue weighted by Gasteiger charge is -2.30. The number of aryl methyl sites for hydroxylation is 2. The molecule has 1 N–H and O–H groups in total. The van der Waals surface area contributed by atoms with Crippen LogP contribution in [0.1, 0.15) is 29.8 Å². The van der Waals surface area contributed by atoms with Gasteiger partial charge in [0, 0.05) is 31.4 Å². The number of rotatable bonds is 3. The highest BCUT2D eigenvalue weighted by Gasteiger charge is 2.28. The molecule has 0 bridgehead atoms. The van der Waals surface area contributed by atoms with Crippen LogP contribution in [0.4, 0.5) is 0 Å². The van der Waals surface area contributed by atoms with Crippen LogP contribution in [0.25, 0.3) is 0 Å². The first kappa shape index (κ1) is 14.6. The van der Waals surface area contributed by atoms with E-state index < -0.39 is 11.9 Å². The molecule has 1 saturated heterocycles. The summed E-state index contributed by atoms with van der Waals surface area (Å²) in [5, 5.41) is 13.4. The number of hydrogen-bond acceptors (Lipinski definition) is 3. The Morgan fingerprint density at radius 2 is 2.10 bits per heavy atom. The molecule has 0 aromatic carbocycles. The highest BCUT2D eigenvalue weighted by molar-refractivity contribution is 5.80. The second kappa shape index (κ2) is 5.64. The van der Waals surface area contributed by atoms with Crippen LogP contribution in [0.15, 0.2) is 0 Å². The summed E-state index contributed by atoms with van der Waals surface area (Å²) in [6, 6.07) is 0. The highest BCUT2D eigenvalue weighted by atomic mass is 16.4. The number of aliphatic carboxylic acids is 1. The first-order valence-electron chi connectivity index (χ1n) is 6.89.